The van der Waals surface area contributed by atoms with Gasteiger partial charge in [-0.3, -0.25) is 9.59 Å². The fourth-order valence-corrected chi connectivity index (χ4v) is 3.57. The summed E-state index contributed by atoms with van der Waals surface area (Å²) < 4.78 is 10.1. The molecule has 0 fully saturated rings. The predicted molar refractivity (Wildman–Crippen MR) is 128 cm³/mol. The highest BCUT2D eigenvalue weighted by Gasteiger charge is 2.28. The van der Waals surface area contributed by atoms with Gasteiger partial charge in [0.2, 0.25) is 6.10 Å². The van der Waals surface area contributed by atoms with E-state index in [0.29, 0.717) is 6.42 Å². The van der Waals surface area contributed by atoms with E-state index in [9.17, 15) is 19.5 Å². The van der Waals surface area contributed by atoms with Crippen molar-refractivity contribution in [1.82, 2.24) is 0 Å². The minimum atomic E-state index is -1.49. The largest absolute Gasteiger partial charge is 0.478 e. The van der Waals surface area contributed by atoms with E-state index in [1.165, 1.54) is 77.0 Å². The number of carboxylic acid groups (broad SMARTS) is 1. The number of hydrogen-bond acceptors (Lipinski definition) is 5. The molecule has 0 amide bonds. The van der Waals surface area contributed by atoms with Crippen LogP contribution in [0, 0.1) is 0 Å². The molecule has 188 valence electrons. The van der Waals surface area contributed by atoms with Gasteiger partial charge in [0, 0.05) is 6.42 Å². The number of carboxylic acids is 1. The van der Waals surface area contributed by atoms with Gasteiger partial charge in [-0.2, -0.15) is 0 Å². The van der Waals surface area contributed by atoms with Crippen molar-refractivity contribution in [1.29, 1.82) is 0 Å². The lowest BCUT2D eigenvalue weighted by atomic mass is 10.0. The molecular weight excluding hydrogens is 408 g/mol. The Balaban J connectivity index is 3.67. The van der Waals surface area contributed by atoms with E-state index in [1.807, 2.05) is 0 Å². The Morgan fingerprint density at radius 2 is 1.09 bits per heavy atom. The second-order valence-corrected chi connectivity index (χ2v) is 9.81. The fraction of sp³-hybridized carbons (Fsp3) is 0.885. The number of ether oxygens (including phenoxy) is 2. The van der Waals surface area contributed by atoms with Crippen molar-refractivity contribution in [3.8, 4) is 0 Å². The number of esters is 2. The first kappa shape index (κ1) is 30.4. The maximum Gasteiger partial charge on any atom is 0.345 e. The van der Waals surface area contributed by atoms with Crippen LogP contribution in [0.2, 0.25) is 0 Å². The molecule has 0 aromatic heterocycles. The van der Waals surface area contributed by atoms with Gasteiger partial charge in [-0.05, 0) is 27.2 Å². The van der Waals surface area contributed by atoms with E-state index in [0.717, 1.165) is 12.8 Å². The fourth-order valence-electron chi connectivity index (χ4n) is 3.57. The quantitative estimate of drug-likeness (QED) is 0.157. The lowest BCUT2D eigenvalue weighted by Gasteiger charge is -2.21. The summed E-state index contributed by atoms with van der Waals surface area (Å²) in [5, 5.41) is 9.19. The first-order valence-electron chi connectivity index (χ1n) is 12.8. The van der Waals surface area contributed by atoms with E-state index in [4.69, 9.17) is 9.47 Å². The van der Waals surface area contributed by atoms with Gasteiger partial charge in [0.05, 0.1) is 6.42 Å². The van der Waals surface area contributed by atoms with Crippen LogP contribution in [0.5, 0.6) is 0 Å². The molecule has 0 spiro atoms. The summed E-state index contributed by atoms with van der Waals surface area (Å²) in [7, 11) is 0. The molecular formula is C26H48O6. The van der Waals surface area contributed by atoms with Crippen LogP contribution < -0.4 is 0 Å². The van der Waals surface area contributed by atoms with Crippen LogP contribution in [0.3, 0.4) is 0 Å². The van der Waals surface area contributed by atoms with Crippen molar-refractivity contribution in [3.05, 3.63) is 0 Å². The lowest BCUT2D eigenvalue weighted by molar-refractivity contribution is -0.171. The van der Waals surface area contributed by atoms with E-state index in [-0.39, 0.29) is 6.42 Å². The summed E-state index contributed by atoms with van der Waals surface area (Å²) in [5.41, 5.74) is -0.710. The molecule has 0 aliphatic carbocycles. The average Bonchev–Trinajstić information content (AvgIpc) is 2.69. The minimum Gasteiger partial charge on any atom is -0.478 e. The first-order chi connectivity index (χ1) is 15.2. The zero-order chi connectivity index (χ0) is 24.2. The summed E-state index contributed by atoms with van der Waals surface area (Å²) in [6, 6.07) is 0. The molecule has 0 heterocycles. The molecule has 0 aliphatic rings. The number of carbonyl (C=O) groups excluding carboxylic acids is 2. The van der Waals surface area contributed by atoms with Crippen LogP contribution in [-0.2, 0) is 23.9 Å². The highest BCUT2D eigenvalue weighted by molar-refractivity contribution is 5.83. The zero-order valence-electron chi connectivity index (χ0n) is 21.1. The average molecular weight is 457 g/mol. The van der Waals surface area contributed by atoms with E-state index < -0.39 is 36.0 Å². The third-order valence-electron chi connectivity index (χ3n) is 5.31. The van der Waals surface area contributed by atoms with Gasteiger partial charge in [0.15, 0.2) is 0 Å². The van der Waals surface area contributed by atoms with Crippen LogP contribution in [0.15, 0.2) is 0 Å². The molecule has 0 rings (SSSR count). The van der Waals surface area contributed by atoms with Crippen molar-refractivity contribution in [2.75, 3.05) is 0 Å². The monoisotopic (exact) mass is 456 g/mol. The molecule has 32 heavy (non-hydrogen) atoms. The van der Waals surface area contributed by atoms with Crippen LogP contribution in [0.4, 0.5) is 0 Å². The Morgan fingerprint density at radius 1 is 0.688 bits per heavy atom. The standard InChI is InChI=1S/C26H48O6/c1-5-6-7-8-9-10-11-12-13-14-15-16-17-18-19-20-23(27)31-22(25(29)30)21-24(28)32-26(2,3)4/h22H,5-21H2,1-4H3,(H,29,30). The molecule has 6 nitrogen and oxygen atoms in total. The first-order valence-corrected chi connectivity index (χ1v) is 12.8. The molecule has 0 radical (unpaired) electrons. The van der Waals surface area contributed by atoms with E-state index in [1.54, 1.807) is 20.8 Å². The number of aliphatic carboxylic acids is 1. The number of rotatable bonds is 20. The van der Waals surface area contributed by atoms with Crippen LogP contribution in [-0.4, -0.2) is 34.7 Å². The number of unbranched alkanes of at least 4 members (excludes halogenated alkanes) is 14. The van der Waals surface area contributed by atoms with Gasteiger partial charge in [0.1, 0.15) is 5.60 Å². The van der Waals surface area contributed by atoms with Crippen LogP contribution in [0.25, 0.3) is 0 Å². The van der Waals surface area contributed by atoms with E-state index >= 15 is 0 Å². The predicted octanol–water partition coefficient (Wildman–Crippen LogP) is 6.98. The summed E-state index contributed by atoms with van der Waals surface area (Å²) >= 11 is 0. The van der Waals surface area contributed by atoms with E-state index in [2.05, 4.69) is 6.92 Å². The third kappa shape index (κ3) is 20.3. The molecule has 1 atom stereocenters. The van der Waals surface area contributed by atoms with Crippen LogP contribution in [0.1, 0.15) is 137 Å². The summed E-state index contributed by atoms with van der Waals surface area (Å²) in [6.07, 6.45) is 16.8. The molecule has 0 aromatic rings. The van der Waals surface area contributed by atoms with Crippen molar-refractivity contribution in [2.45, 2.75) is 149 Å². The molecule has 0 saturated heterocycles. The smallest absolute Gasteiger partial charge is 0.345 e. The van der Waals surface area contributed by atoms with Gasteiger partial charge in [-0.15, -0.1) is 0 Å². The Labute approximate surface area is 195 Å². The van der Waals surface area contributed by atoms with Gasteiger partial charge >= 0.3 is 17.9 Å². The van der Waals surface area contributed by atoms with Gasteiger partial charge < -0.3 is 14.6 Å². The second-order valence-electron chi connectivity index (χ2n) is 9.81. The summed E-state index contributed by atoms with van der Waals surface area (Å²) in [4.78, 5) is 35.0. The Kier molecular flexibility index (Phi) is 18.0. The molecule has 1 N–H and O–H groups in total. The number of carbonyl (C=O) groups is 3. The second kappa shape index (κ2) is 18.9. The normalized spacial score (nSPS) is 12.4. The Hall–Kier alpha value is -1.59. The lowest BCUT2D eigenvalue weighted by Crippen LogP contribution is -2.33. The van der Waals surface area contributed by atoms with Crippen molar-refractivity contribution in [2.24, 2.45) is 0 Å². The van der Waals surface area contributed by atoms with Crippen molar-refractivity contribution >= 4 is 17.9 Å². The Bertz CT molecular complexity index is 509. The maximum absolute atomic E-state index is 11.9. The highest BCUT2D eigenvalue weighted by atomic mass is 16.6. The zero-order valence-corrected chi connectivity index (χ0v) is 21.1. The van der Waals surface area contributed by atoms with Crippen molar-refractivity contribution < 1.29 is 29.0 Å². The number of hydrogen-bond donors (Lipinski definition) is 1. The molecule has 0 aliphatic heterocycles. The molecule has 0 bridgehead atoms. The van der Waals surface area contributed by atoms with Crippen molar-refractivity contribution in [3.63, 3.8) is 0 Å². The summed E-state index contributed by atoms with van der Waals surface area (Å²) in [5.74, 6) is -2.60. The topological polar surface area (TPSA) is 89.9 Å². The van der Waals surface area contributed by atoms with Gasteiger partial charge in [0.25, 0.3) is 0 Å². The maximum atomic E-state index is 11.9. The van der Waals surface area contributed by atoms with Gasteiger partial charge in [-0.25, -0.2) is 4.79 Å². The highest BCUT2D eigenvalue weighted by Crippen LogP contribution is 2.15. The summed E-state index contributed by atoms with van der Waals surface area (Å²) in [6.45, 7) is 7.34. The Morgan fingerprint density at radius 3 is 1.47 bits per heavy atom. The SMILES string of the molecule is CCCCCCCCCCCCCCCCCC(=O)OC(CC(=O)OC(C)(C)C)C(=O)O. The molecule has 0 aromatic carbocycles. The van der Waals surface area contributed by atoms with Gasteiger partial charge in [-0.1, -0.05) is 96.8 Å². The third-order valence-corrected chi connectivity index (χ3v) is 5.31. The molecule has 0 saturated carbocycles. The molecule has 6 heteroatoms. The van der Waals surface area contributed by atoms with Crippen LogP contribution >= 0.6 is 0 Å². The molecule has 1 unspecified atom stereocenters. The minimum absolute atomic E-state index is 0.177.